The molecule has 19 heavy (non-hydrogen) atoms. The molecule has 1 saturated heterocycles. The van der Waals surface area contributed by atoms with Gasteiger partial charge >= 0.3 is 0 Å². The van der Waals surface area contributed by atoms with Crippen molar-refractivity contribution < 1.29 is 9.84 Å². The second-order valence-corrected chi connectivity index (χ2v) is 5.22. The van der Waals surface area contributed by atoms with Crippen LogP contribution in [-0.2, 0) is 5.54 Å². The molecule has 1 aliphatic rings. The first-order valence-corrected chi connectivity index (χ1v) is 6.92. The van der Waals surface area contributed by atoms with E-state index < -0.39 is 5.54 Å². The van der Waals surface area contributed by atoms with Gasteiger partial charge in [-0.15, -0.1) is 0 Å². The molecular formula is C15H24N2O2. The number of nitrogens with one attached hydrogen (secondary N) is 1. The molecule has 1 atom stereocenters. The second kappa shape index (κ2) is 6.37. The Hall–Kier alpha value is -1.10. The normalized spacial score (nSPS) is 20.6. The number of hydrogen-bond acceptors (Lipinski definition) is 4. The number of rotatable bonds is 4. The minimum absolute atomic E-state index is 0.0906. The van der Waals surface area contributed by atoms with E-state index in [1.54, 1.807) is 7.11 Å². The van der Waals surface area contributed by atoms with Gasteiger partial charge in [0.2, 0.25) is 0 Å². The standard InChI is InChI=1S/C15H24N2O2/c1-15(12-18,17-10-5-8-16-9-11-17)13-6-3-4-7-14(13)19-2/h3-4,6-7,16,18H,5,8-12H2,1-2H3. The van der Waals surface area contributed by atoms with E-state index in [2.05, 4.69) is 17.1 Å². The van der Waals surface area contributed by atoms with Crippen LogP contribution in [0.5, 0.6) is 5.75 Å². The molecule has 0 bridgehead atoms. The summed E-state index contributed by atoms with van der Waals surface area (Å²) in [5.74, 6) is 0.844. The molecule has 0 spiro atoms. The van der Waals surface area contributed by atoms with Gasteiger partial charge in [-0.05, 0) is 26.0 Å². The van der Waals surface area contributed by atoms with Crippen molar-refractivity contribution in [2.45, 2.75) is 18.9 Å². The largest absolute Gasteiger partial charge is 0.496 e. The van der Waals surface area contributed by atoms with Crippen LogP contribution < -0.4 is 10.1 Å². The molecule has 1 unspecified atom stereocenters. The number of hydrogen-bond donors (Lipinski definition) is 2. The van der Waals surface area contributed by atoms with Crippen molar-refractivity contribution in [1.82, 2.24) is 10.2 Å². The van der Waals surface area contributed by atoms with Crippen molar-refractivity contribution in [2.24, 2.45) is 0 Å². The number of benzene rings is 1. The molecule has 4 heteroatoms. The van der Waals surface area contributed by atoms with Gasteiger partial charge in [0, 0.05) is 25.2 Å². The Bertz CT molecular complexity index is 403. The molecule has 1 heterocycles. The van der Waals surface area contributed by atoms with Crippen molar-refractivity contribution >= 4 is 0 Å². The summed E-state index contributed by atoms with van der Waals surface area (Å²) in [5, 5.41) is 13.4. The highest BCUT2D eigenvalue weighted by atomic mass is 16.5. The van der Waals surface area contributed by atoms with Gasteiger partial charge in [0.25, 0.3) is 0 Å². The highest BCUT2D eigenvalue weighted by Crippen LogP contribution is 2.34. The highest BCUT2D eigenvalue weighted by molar-refractivity contribution is 5.39. The van der Waals surface area contributed by atoms with Gasteiger partial charge in [-0.1, -0.05) is 18.2 Å². The summed E-state index contributed by atoms with van der Waals surface area (Å²) in [5.41, 5.74) is 0.667. The Labute approximate surface area is 115 Å². The fraction of sp³-hybridized carbons (Fsp3) is 0.600. The quantitative estimate of drug-likeness (QED) is 0.858. The highest BCUT2D eigenvalue weighted by Gasteiger charge is 2.35. The topological polar surface area (TPSA) is 44.7 Å². The van der Waals surface area contributed by atoms with Crippen molar-refractivity contribution in [2.75, 3.05) is 39.9 Å². The van der Waals surface area contributed by atoms with Crippen molar-refractivity contribution in [1.29, 1.82) is 0 Å². The van der Waals surface area contributed by atoms with Crippen LogP contribution >= 0.6 is 0 Å². The van der Waals surface area contributed by atoms with E-state index in [0.717, 1.165) is 43.9 Å². The number of nitrogens with zero attached hydrogens (tertiary/aromatic N) is 1. The molecule has 2 N–H and O–H groups in total. The first kappa shape index (κ1) is 14.3. The summed E-state index contributed by atoms with van der Waals surface area (Å²) in [6.07, 6.45) is 1.10. The van der Waals surface area contributed by atoms with Crippen LogP contribution in [0.1, 0.15) is 18.9 Å². The first-order valence-electron chi connectivity index (χ1n) is 6.92. The minimum atomic E-state index is -0.390. The Morgan fingerprint density at radius 3 is 2.84 bits per heavy atom. The van der Waals surface area contributed by atoms with Gasteiger partial charge < -0.3 is 15.2 Å². The maximum absolute atomic E-state index is 9.99. The van der Waals surface area contributed by atoms with Crippen LogP contribution in [0.2, 0.25) is 0 Å². The third-order valence-corrected chi connectivity index (χ3v) is 4.03. The maximum Gasteiger partial charge on any atom is 0.124 e. The van der Waals surface area contributed by atoms with E-state index in [1.165, 1.54) is 0 Å². The molecule has 0 aromatic heterocycles. The van der Waals surface area contributed by atoms with Crippen LogP contribution in [0.4, 0.5) is 0 Å². The fourth-order valence-corrected chi connectivity index (χ4v) is 2.78. The van der Waals surface area contributed by atoms with E-state index in [9.17, 15) is 5.11 Å². The molecule has 1 fully saturated rings. The summed E-state index contributed by atoms with van der Waals surface area (Å²) >= 11 is 0. The lowest BCUT2D eigenvalue weighted by molar-refractivity contribution is 0.0433. The summed E-state index contributed by atoms with van der Waals surface area (Å²) in [4.78, 5) is 2.35. The molecule has 1 aromatic carbocycles. The number of ether oxygens (including phenoxy) is 1. The molecule has 1 aromatic rings. The average Bonchev–Trinajstić information content (AvgIpc) is 2.76. The van der Waals surface area contributed by atoms with Gasteiger partial charge in [-0.25, -0.2) is 0 Å². The zero-order chi connectivity index (χ0) is 13.7. The van der Waals surface area contributed by atoms with Crippen LogP contribution in [0, 0.1) is 0 Å². The fourth-order valence-electron chi connectivity index (χ4n) is 2.78. The van der Waals surface area contributed by atoms with Gasteiger partial charge in [0.15, 0.2) is 0 Å². The monoisotopic (exact) mass is 264 g/mol. The van der Waals surface area contributed by atoms with Crippen molar-refractivity contribution in [3.63, 3.8) is 0 Å². The minimum Gasteiger partial charge on any atom is -0.496 e. The molecule has 0 aliphatic carbocycles. The summed E-state index contributed by atoms with van der Waals surface area (Å²) in [6, 6.07) is 7.97. The molecular weight excluding hydrogens is 240 g/mol. The molecule has 1 aliphatic heterocycles. The lowest BCUT2D eigenvalue weighted by Crippen LogP contribution is -2.48. The number of methoxy groups -OCH3 is 1. The Morgan fingerprint density at radius 1 is 1.32 bits per heavy atom. The number of aliphatic hydroxyl groups excluding tert-OH is 1. The maximum atomic E-state index is 9.99. The zero-order valence-corrected chi connectivity index (χ0v) is 11.9. The summed E-state index contributed by atoms with van der Waals surface area (Å²) in [6.45, 7) is 6.12. The number of aliphatic hydroxyl groups is 1. The predicted octanol–water partition coefficient (Wildman–Crippen LogP) is 1.20. The third-order valence-electron chi connectivity index (χ3n) is 4.03. The summed E-state index contributed by atoms with van der Waals surface area (Å²) < 4.78 is 5.46. The Kier molecular flexibility index (Phi) is 4.80. The SMILES string of the molecule is COc1ccccc1C(C)(CO)N1CCCNCC1. The molecule has 0 radical (unpaired) electrons. The van der Waals surface area contributed by atoms with Crippen LogP contribution in [-0.4, -0.2) is 49.9 Å². The van der Waals surface area contributed by atoms with E-state index >= 15 is 0 Å². The Morgan fingerprint density at radius 2 is 2.11 bits per heavy atom. The average molecular weight is 264 g/mol. The molecule has 0 saturated carbocycles. The molecule has 106 valence electrons. The van der Waals surface area contributed by atoms with Gasteiger partial charge in [0.05, 0.1) is 19.3 Å². The van der Waals surface area contributed by atoms with Crippen molar-refractivity contribution in [3.05, 3.63) is 29.8 Å². The second-order valence-electron chi connectivity index (χ2n) is 5.22. The molecule has 2 rings (SSSR count). The third kappa shape index (κ3) is 2.91. The van der Waals surface area contributed by atoms with Gasteiger partial charge in [-0.3, -0.25) is 4.90 Å². The van der Waals surface area contributed by atoms with Gasteiger partial charge in [-0.2, -0.15) is 0 Å². The smallest absolute Gasteiger partial charge is 0.124 e. The summed E-state index contributed by atoms with van der Waals surface area (Å²) in [7, 11) is 1.68. The van der Waals surface area contributed by atoms with Crippen LogP contribution in [0.15, 0.2) is 24.3 Å². The molecule has 0 amide bonds. The van der Waals surface area contributed by atoms with E-state index in [0.29, 0.717) is 0 Å². The van der Waals surface area contributed by atoms with Crippen molar-refractivity contribution in [3.8, 4) is 5.75 Å². The molecule has 4 nitrogen and oxygen atoms in total. The van der Waals surface area contributed by atoms with E-state index in [4.69, 9.17) is 4.74 Å². The lowest BCUT2D eigenvalue weighted by Gasteiger charge is -2.40. The van der Waals surface area contributed by atoms with Gasteiger partial charge in [0.1, 0.15) is 5.75 Å². The predicted molar refractivity (Wildman–Crippen MR) is 76.5 cm³/mol. The number of para-hydroxylation sites is 1. The van der Waals surface area contributed by atoms with E-state index in [-0.39, 0.29) is 6.61 Å². The van der Waals surface area contributed by atoms with Crippen LogP contribution in [0.3, 0.4) is 0 Å². The first-order chi connectivity index (χ1) is 9.22. The van der Waals surface area contributed by atoms with Crippen LogP contribution in [0.25, 0.3) is 0 Å². The lowest BCUT2D eigenvalue weighted by atomic mass is 9.89. The zero-order valence-electron chi connectivity index (χ0n) is 11.9. The Balaban J connectivity index is 2.34. The van der Waals surface area contributed by atoms with E-state index in [1.807, 2.05) is 24.3 Å².